The third kappa shape index (κ3) is 4.02. The average molecular weight is 318 g/mol. The first-order valence-corrected chi connectivity index (χ1v) is 7.79. The van der Waals surface area contributed by atoms with Gasteiger partial charge in [0.2, 0.25) is 0 Å². The number of hydrogen-bond donors (Lipinski definition) is 1. The van der Waals surface area contributed by atoms with Crippen molar-refractivity contribution in [3.8, 4) is 5.75 Å². The molecule has 0 amide bonds. The predicted octanol–water partition coefficient (Wildman–Crippen LogP) is 4.27. The number of hydrogen-bond acceptors (Lipinski definition) is 3. The molecule has 0 saturated carbocycles. The van der Waals surface area contributed by atoms with Crippen LogP contribution in [0.1, 0.15) is 22.8 Å². The second-order valence-electron chi connectivity index (χ2n) is 5.54. The first-order valence-electron chi connectivity index (χ1n) is 7.79. The van der Waals surface area contributed by atoms with E-state index in [4.69, 9.17) is 4.74 Å². The van der Waals surface area contributed by atoms with Crippen molar-refractivity contribution in [2.45, 2.75) is 12.5 Å². The number of carbonyl (C=O) groups excluding carboxylic acids is 1. The van der Waals surface area contributed by atoms with Crippen molar-refractivity contribution in [2.75, 3.05) is 0 Å². The zero-order chi connectivity index (χ0) is 16.8. The van der Waals surface area contributed by atoms with E-state index in [1.54, 1.807) is 24.3 Å². The van der Waals surface area contributed by atoms with E-state index < -0.39 is 6.10 Å². The average Bonchev–Trinajstić information content (AvgIpc) is 2.61. The van der Waals surface area contributed by atoms with E-state index in [-0.39, 0.29) is 18.1 Å². The Balaban J connectivity index is 1.80. The van der Waals surface area contributed by atoms with E-state index in [9.17, 15) is 9.90 Å². The minimum Gasteiger partial charge on any atom is -0.508 e. The predicted molar refractivity (Wildman–Crippen MR) is 92.6 cm³/mol. The fourth-order valence-corrected chi connectivity index (χ4v) is 2.59. The second kappa shape index (κ2) is 7.47. The van der Waals surface area contributed by atoms with Crippen LogP contribution in [0.3, 0.4) is 0 Å². The molecule has 0 bridgehead atoms. The van der Waals surface area contributed by atoms with Crippen LogP contribution in [0.25, 0.3) is 0 Å². The van der Waals surface area contributed by atoms with E-state index in [1.807, 2.05) is 60.7 Å². The normalized spacial score (nSPS) is 10.5. The standard InChI is InChI=1S/C21H18O3/c22-19-13-7-8-16(14-19)15-20(23)24-21(17-9-3-1-4-10-17)18-11-5-2-6-12-18/h1-14,21-22H,15H2. The van der Waals surface area contributed by atoms with Gasteiger partial charge in [-0.15, -0.1) is 0 Å². The highest BCUT2D eigenvalue weighted by atomic mass is 16.5. The maximum absolute atomic E-state index is 12.4. The van der Waals surface area contributed by atoms with Gasteiger partial charge in [0.15, 0.2) is 6.10 Å². The van der Waals surface area contributed by atoms with Crippen molar-refractivity contribution in [1.29, 1.82) is 0 Å². The minimum atomic E-state index is -0.447. The third-order valence-electron chi connectivity index (χ3n) is 3.71. The Bertz CT molecular complexity index is 758. The molecule has 0 unspecified atom stereocenters. The number of phenols is 1. The fourth-order valence-electron chi connectivity index (χ4n) is 2.59. The number of ether oxygens (including phenoxy) is 1. The molecule has 1 N–H and O–H groups in total. The maximum atomic E-state index is 12.4. The molecule has 0 heterocycles. The molecular formula is C21H18O3. The molecule has 0 aliphatic rings. The maximum Gasteiger partial charge on any atom is 0.311 e. The van der Waals surface area contributed by atoms with Gasteiger partial charge in [0.1, 0.15) is 5.75 Å². The lowest BCUT2D eigenvalue weighted by atomic mass is 10.0. The molecule has 24 heavy (non-hydrogen) atoms. The number of esters is 1. The van der Waals surface area contributed by atoms with Crippen molar-refractivity contribution in [2.24, 2.45) is 0 Å². The van der Waals surface area contributed by atoms with Gasteiger partial charge in [-0.05, 0) is 28.8 Å². The summed E-state index contributed by atoms with van der Waals surface area (Å²) in [5.74, 6) is -0.193. The first kappa shape index (κ1) is 15.8. The lowest BCUT2D eigenvalue weighted by Gasteiger charge is -2.19. The zero-order valence-electron chi connectivity index (χ0n) is 13.1. The molecule has 3 aromatic carbocycles. The van der Waals surface area contributed by atoms with Crippen LogP contribution in [-0.4, -0.2) is 11.1 Å². The molecule has 3 heteroatoms. The monoisotopic (exact) mass is 318 g/mol. The molecule has 0 aromatic heterocycles. The summed E-state index contributed by atoms with van der Waals surface area (Å²) in [4.78, 5) is 12.4. The van der Waals surface area contributed by atoms with Crippen LogP contribution in [0.2, 0.25) is 0 Å². The molecule has 3 rings (SSSR count). The highest BCUT2D eigenvalue weighted by Crippen LogP contribution is 2.26. The molecule has 0 atom stereocenters. The molecule has 0 fully saturated rings. The quantitative estimate of drug-likeness (QED) is 0.715. The summed E-state index contributed by atoms with van der Waals surface area (Å²) < 4.78 is 5.75. The van der Waals surface area contributed by atoms with Gasteiger partial charge in [0.05, 0.1) is 6.42 Å². The Morgan fingerprint density at radius 1 is 0.833 bits per heavy atom. The van der Waals surface area contributed by atoms with Crippen LogP contribution in [0.4, 0.5) is 0 Å². The Hall–Kier alpha value is -3.07. The lowest BCUT2D eigenvalue weighted by Crippen LogP contribution is -2.14. The SMILES string of the molecule is O=C(Cc1cccc(O)c1)OC(c1ccccc1)c1ccccc1. The molecule has 120 valence electrons. The Morgan fingerprint density at radius 3 is 1.96 bits per heavy atom. The van der Waals surface area contributed by atoms with E-state index in [0.717, 1.165) is 16.7 Å². The summed E-state index contributed by atoms with van der Waals surface area (Å²) in [6, 6.07) is 26.0. The van der Waals surface area contributed by atoms with E-state index in [2.05, 4.69) is 0 Å². The van der Waals surface area contributed by atoms with Crippen LogP contribution in [0.15, 0.2) is 84.9 Å². The summed E-state index contributed by atoms with van der Waals surface area (Å²) in [5, 5.41) is 9.51. The van der Waals surface area contributed by atoms with Gasteiger partial charge in [-0.1, -0.05) is 72.8 Å². The van der Waals surface area contributed by atoms with Gasteiger partial charge in [-0.25, -0.2) is 0 Å². The zero-order valence-corrected chi connectivity index (χ0v) is 13.1. The topological polar surface area (TPSA) is 46.5 Å². The number of rotatable bonds is 5. The highest BCUT2D eigenvalue weighted by Gasteiger charge is 2.19. The number of phenolic OH excluding ortho intramolecular Hbond substituents is 1. The molecule has 0 radical (unpaired) electrons. The molecule has 0 aliphatic heterocycles. The summed E-state index contributed by atoms with van der Waals surface area (Å²) in [5.41, 5.74) is 2.57. The van der Waals surface area contributed by atoms with Gasteiger partial charge >= 0.3 is 5.97 Å². The molecule has 0 saturated heterocycles. The summed E-state index contributed by atoms with van der Waals surface area (Å²) in [7, 11) is 0. The van der Waals surface area contributed by atoms with Crippen LogP contribution in [-0.2, 0) is 16.0 Å². The molecule has 3 aromatic rings. The van der Waals surface area contributed by atoms with Gasteiger partial charge in [0.25, 0.3) is 0 Å². The van der Waals surface area contributed by atoms with Crippen LogP contribution in [0, 0.1) is 0 Å². The van der Waals surface area contributed by atoms with E-state index in [1.165, 1.54) is 0 Å². The van der Waals surface area contributed by atoms with Gasteiger partial charge < -0.3 is 9.84 Å². The number of aromatic hydroxyl groups is 1. The summed E-state index contributed by atoms with van der Waals surface area (Å²) in [6.45, 7) is 0. The fraction of sp³-hybridized carbons (Fsp3) is 0.0952. The van der Waals surface area contributed by atoms with E-state index >= 15 is 0 Å². The molecular weight excluding hydrogens is 300 g/mol. The van der Waals surface area contributed by atoms with Crippen molar-refractivity contribution in [1.82, 2.24) is 0 Å². The molecule has 0 spiro atoms. The van der Waals surface area contributed by atoms with Crippen molar-refractivity contribution < 1.29 is 14.6 Å². The number of benzene rings is 3. The number of carbonyl (C=O) groups is 1. The van der Waals surface area contributed by atoms with Crippen LogP contribution < -0.4 is 0 Å². The van der Waals surface area contributed by atoms with Crippen LogP contribution in [0.5, 0.6) is 5.75 Å². The Labute approximate surface area is 141 Å². The van der Waals surface area contributed by atoms with Crippen molar-refractivity contribution in [3.63, 3.8) is 0 Å². The minimum absolute atomic E-state index is 0.116. The molecule has 3 nitrogen and oxygen atoms in total. The highest BCUT2D eigenvalue weighted by molar-refractivity contribution is 5.73. The summed E-state index contributed by atoms with van der Waals surface area (Å²) >= 11 is 0. The van der Waals surface area contributed by atoms with Gasteiger partial charge in [-0.2, -0.15) is 0 Å². The first-order chi connectivity index (χ1) is 11.7. The Morgan fingerprint density at radius 2 is 1.42 bits per heavy atom. The van der Waals surface area contributed by atoms with Gasteiger partial charge in [-0.3, -0.25) is 4.79 Å². The third-order valence-corrected chi connectivity index (χ3v) is 3.71. The second-order valence-corrected chi connectivity index (χ2v) is 5.54. The molecule has 0 aliphatic carbocycles. The Kier molecular flexibility index (Phi) is 4.92. The smallest absolute Gasteiger partial charge is 0.311 e. The summed E-state index contributed by atoms with van der Waals surface area (Å²) in [6.07, 6.45) is -0.331. The largest absolute Gasteiger partial charge is 0.508 e. The van der Waals surface area contributed by atoms with Crippen LogP contribution >= 0.6 is 0 Å². The van der Waals surface area contributed by atoms with Gasteiger partial charge in [0, 0.05) is 0 Å². The van der Waals surface area contributed by atoms with E-state index in [0.29, 0.717) is 0 Å². The lowest BCUT2D eigenvalue weighted by molar-refractivity contribution is -0.146. The van der Waals surface area contributed by atoms with Crippen molar-refractivity contribution in [3.05, 3.63) is 102 Å². The van der Waals surface area contributed by atoms with Crippen molar-refractivity contribution >= 4 is 5.97 Å².